The molecule has 1 amide bonds. The lowest BCUT2D eigenvalue weighted by Crippen LogP contribution is -2.55. The van der Waals surface area contributed by atoms with Crippen LogP contribution in [0.2, 0.25) is 0 Å². The Morgan fingerprint density at radius 1 is 1.35 bits per heavy atom. The van der Waals surface area contributed by atoms with Crippen molar-refractivity contribution >= 4 is 17.4 Å². The monoisotopic (exact) mass is 338 g/mol. The van der Waals surface area contributed by atoms with Crippen LogP contribution in [0.15, 0.2) is 11.6 Å². The number of hydrogen-bond donors (Lipinski definition) is 0. The Hall–Kier alpha value is -1.18. The maximum absolute atomic E-state index is 11.8. The third-order valence-corrected chi connectivity index (χ3v) is 5.44. The summed E-state index contributed by atoms with van der Waals surface area (Å²) < 4.78 is 5.09. The molecule has 2 aliphatic heterocycles. The fourth-order valence-corrected chi connectivity index (χ4v) is 4.14. The molecule has 2 fully saturated rings. The van der Waals surface area contributed by atoms with Gasteiger partial charge in [0.1, 0.15) is 5.01 Å². The molecule has 3 rings (SSSR count). The molecule has 0 aromatic carbocycles. The van der Waals surface area contributed by atoms with Crippen LogP contribution in [0.1, 0.15) is 24.8 Å². The van der Waals surface area contributed by atoms with E-state index < -0.39 is 0 Å². The van der Waals surface area contributed by atoms with Crippen molar-refractivity contribution in [2.24, 2.45) is 0 Å². The van der Waals surface area contributed by atoms with E-state index in [1.165, 1.54) is 24.4 Å². The second kappa shape index (κ2) is 8.08. The number of ether oxygens (including phenoxy) is 1. The first kappa shape index (κ1) is 16.7. The van der Waals surface area contributed by atoms with Crippen LogP contribution in [0, 0.1) is 0 Å². The van der Waals surface area contributed by atoms with Crippen LogP contribution in [-0.4, -0.2) is 77.7 Å². The lowest BCUT2D eigenvalue weighted by atomic mass is 10.0. The van der Waals surface area contributed by atoms with Gasteiger partial charge >= 0.3 is 6.09 Å². The first-order valence-corrected chi connectivity index (χ1v) is 9.40. The predicted octanol–water partition coefficient (Wildman–Crippen LogP) is 1.88. The standard InChI is InChI=1S/C16H26N4O2S/c1-2-22-16(21)20-9-7-19(8-10-20)14-4-3-6-18(12-14)13-15-17-5-11-23-15/h5,11,14H,2-4,6-10,12-13H2,1H3/t14-/m0/s1. The van der Waals surface area contributed by atoms with Crippen molar-refractivity contribution in [3.63, 3.8) is 0 Å². The molecular weight excluding hydrogens is 312 g/mol. The minimum Gasteiger partial charge on any atom is -0.450 e. The average molecular weight is 338 g/mol. The van der Waals surface area contributed by atoms with Crippen LogP contribution in [0.4, 0.5) is 4.79 Å². The number of carbonyl (C=O) groups excluding carboxylic acids is 1. The first-order chi connectivity index (χ1) is 11.3. The van der Waals surface area contributed by atoms with E-state index >= 15 is 0 Å². The van der Waals surface area contributed by atoms with E-state index in [1.807, 2.05) is 23.4 Å². The van der Waals surface area contributed by atoms with Crippen LogP contribution in [0.3, 0.4) is 0 Å². The van der Waals surface area contributed by atoms with Gasteiger partial charge in [-0.05, 0) is 26.3 Å². The molecule has 0 N–H and O–H groups in total. The molecule has 2 saturated heterocycles. The smallest absolute Gasteiger partial charge is 0.409 e. The van der Waals surface area contributed by atoms with Gasteiger partial charge in [-0.1, -0.05) is 0 Å². The Kier molecular flexibility index (Phi) is 5.85. The number of likely N-dealkylation sites (tertiary alicyclic amines) is 1. The average Bonchev–Trinajstić information content (AvgIpc) is 3.08. The van der Waals surface area contributed by atoms with Crippen LogP contribution in [-0.2, 0) is 11.3 Å². The molecule has 1 atom stereocenters. The largest absolute Gasteiger partial charge is 0.450 e. The minimum atomic E-state index is -0.166. The normalized spacial score (nSPS) is 23.9. The quantitative estimate of drug-likeness (QED) is 0.839. The highest BCUT2D eigenvalue weighted by molar-refractivity contribution is 7.09. The molecule has 2 aliphatic rings. The van der Waals surface area contributed by atoms with Gasteiger partial charge in [0.25, 0.3) is 0 Å². The molecular formula is C16H26N4O2S. The summed E-state index contributed by atoms with van der Waals surface area (Å²) in [4.78, 5) is 23.1. The Balaban J connectivity index is 1.47. The predicted molar refractivity (Wildman–Crippen MR) is 90.6 cm³/mol. The van der Waals surface area contributed by atoms with Crippen molar-refractivity contribution in [3.05, 3.63) is 16.6 Å². The van der Waals surface area contributed by atoms with Crippen LogP contribution < -0.4 is 0 Å². The molecule has 128 valence electrons. The molecule has 6 nitrogen and oxygen atoms in total. The number of rotatable bonds is 4. The highest BCUT2D eigenvalue weighted by Crippen LogP contribution is 2.20. The molecule has 0 aliphatic carbocycles. The third kappa shape index (κ3) is 4.43. The van der Waals surface area contributed by atoms with Crippen molar-refractivity contribution < 1.29 is 9.53 Å². The van der Waals surface area contributed by atoms with E-state index in [9.17, 15) is 4.79 Å². The van der Waals surface area contributed by atoms with Gasteiger partial charge in [-0.25, -0.2) is 9.78 Å². The molecule has 0 bridgehead atoms. The van der Waals surface area contributed by atoms with Gasteiger partial charge < -0.3 is 9.64 Å². The molecule has 0 unspecified atom stereocenters. The van der Waals surface area contributed by atoms with Crippen LogP contribution >= 0.6 is 11.3 Å². The zero-order chi connectivity index (χ0) is 16.1. The number of nitrogens with zero attached hydrogens (tertiary/aromatic N) is 4. The topological polar surface area (TPSA) is 48.9 Å². The zero-order valence-electron chi connectivity index (χ0n) is 13.8. The van der Waals surface area contributed by atoms with Crippen LogP contribution in [0.5, 0.6) is 0 Å². The molecule has 23 heavy (non-hydrogen) atoms. The maximum Gasteiger partial charge on any atom is 0.409 e. The summed E-state index contributed by atoms with van der Waals surface area (Å²) in [7, 11) is 0. The number of hydrogen-bond acceptors (Lipinski definition) is 6. The van der Waals surface area contributed by atoms with Gasteiger partial charge in [0.2, 0.25) is 0 Å². The van der Waals surface area contributed by atoms with Crippen molar-refractivity contribution in [2.75, 3.05) is 45.9 Å². The van der Waals surface area contributed by atoms with Crippen molar-refractivity contribution in [3.8, 4) is 0 Å². The molecule has 0 spiro atoms. The highest BCUT2D eigenvalue weighted by atomic mass is 32.1. The van der Waals surface area contributed by atoms with Gasteiger partial charge in [0.15, 0.2) is 0 Å². The number of carbonyl (C=O) groups is 1. The Morgan fingerprint density at radius 2 is 2.17 bits per heavy atom. The summed E-state index contributed by atoms with van der Waals surface area (Å²) in [5.41, 5.74) is 0. The van der Waals surface area contributed by atoms with Crippen molar-refractivity contribution in [1.82, 2.24) is 19.7 Å². The van der Waals surface area contributed by atoms with E-state index in [0.29, 0.717) is 12.6 Å². The summed E-state index contributed by atoms with van der Waals surface area (Å²) >= 11 is 1.74. The molecule has 7 heteroatoms. The van der Waals surface area contributed by atoms with Gasteiger partial charge in [0, 0.05) is 50.3 Å². The number of amides is 1. The lowest BCUT2D eigenvalue weighted by Gasteiger charge is -2.43. The van der Waals surface area contributed by atoms with E-state index in [0.717, 1.165) is 39.3 Å². The van der Waals surface area contributed by atoms with Crippen molar-refractivity contribution in [2.45, 2.75) is 32.4 Å². The summed E-state index contributed by atoms with van der Waals surface area (Å²) in [6.07, 6.45) is 4.22. The molecule has 0 radical (unpaired) electrons. The molecule has 1 aromatic heterocycles. The SMILES string of the molecule is CCOC(=O)N1CCN([C@H]2CCCN(Cc3nccs3)C2)CC1. The molecule has 3 heterocycles. The minimum absolute atomic E-state index is 0.166. The molecule has 0 saturated carbocycles. The summed E-state index contributed by atoms with van der Waals surface area (Å²) in [5, 5.41) is 3.25. The number of piperidine rings is 1. The molecule has 1 aromatic rings. The van der Waals surface area contributed by atoms with Gasteiger partial charge in [-0.15, -0.1) is 11.3 Å². The summed E-state index contributed by atoms with van der Waals surface area (Å²) in [6, 6.07) is 0.605. The zero-order valence-corrected chi connectivity index (χ0v) is 14.6. The number of piperazine rings is 1. The van der Waals surface area contributed by atoms with E-state index in [2.05, 4.69) is 14.8 Å². The highest BCUT2D eigenvalue weighted by Gasteiger charge is 2.29. The van der Waals surface area contributed by atoms with Gasteiger partial charge in [-0.3, -0.25) is 9.80 Å². The van der Waals surface area contributed by atoms with Crippen LogP contribution in [0.25, 0.3) is 0 Å². The summed E-state index contributed by atoms with van der Waals surface area (Å²) in [5.74, 6) is 0. The van der Waals surface area contributed by atoms with E-state index in [-0.39, 0.29) is 6.09 Å². The lowest BCUT2D eigenvalue weighted by molar-refractivity contribution is 0.0412. The number of aromatic nitrogens is 1. The van der Waals surface area contributed by atoms with Crippen molar-refractivity contribution in [1.29, 1.82) is 0 Å². The Morgan fingerprint density at radius 3 is 2.87 bits per heavy atom. The fourth-order valence-electron chi connectivity index (χ4n) is 3.48. The second-order valence-electron chi connectivity index (χ2n) is 6.18. The third-order valence-electron chi connectivity index (χ3n) is 4.68. The fraction of sp³-hybridized carbons (Fsp3) is 0.750. The second-order valence-corrected chi connectivity index (χ2v) is 7.16. The van der Waals surface area contributed by atoms with E-state index in [4.69, 9.17) is 4.74 Å². The summed E-state index contributed by atoms with van der Waals surface area (Å²) in [6.45, 7) is 9.02. The Labute approximate surface area is 142 Å². The Bertz CT molecular complexity index is 488. The first-order valence-electron chi connectivity index (χ1n) is 8.52. The van der Waals surface area contributed by atoms with E-state index in [1.54, 1.807) is 11.3 Å². The van der Waals surface area contributed by atoms with Gasteiger partial charge in [0.05, 0.1) is 13.2 Å². The van der Waals surface area contributed by atoms with Gasteiger partial charge in [-0.2, -0.15) is 0 Å². The maximum atomic E-state index is 11.8. The number of thiazole rings is 1.